The van der Waals surface area contributed by atoms with E-state index >= 15 is 0 Å². The molecule has 0 unspecified atom stereocenters. The number of pyridine rings is 1. The zero-order chi connectivity index (χ0) is 24.6. The number of esters is 1. The Bertz CT molecular complexity index is 1410. The number of fused-ring (bicyclic) bond motifs is 1. The lowest BCUT2D eigenvalue weighted by Gasteiger charge is -2.28. The lowest BCUT2D eigenvalue weighted by molar-refractivity contribution is 0.0483. The highest BCUT2D eigenvalue weighted by Crippen LogP contribution is 2.31. The van der Waals surface area contributed by atoms with Gasteiger partial charge < -0.3 is 24.0 Å². The Morgan fingerprint density at radius 3 is 2.81 bits per heavy atom. The number of nitrogens with one attached hydrogen (secondary N) is 2. The molecule has 0 bridgehead atoms. The van der Waals surface area contributed by atoms with E-state index in [9.17, 15) is 18.0 Å². The smallest absolute Gasteiger partial charge is 0.374 e. The van der Waals surface area contributed by atoms with Crippen LogP contribution in [0, 0.1) is 0 Å². The summed E-state index contributed by atoms with van der Waals surface area (Å²) in [6.07, 6.45) is 1.67. The van der Waals surface area contributed by atoms with Crippen molar-refractivity contribution in [2.24, 2.45) is 0 Å². The lowest BCUT2D eigenvalue weighted by atomic mass is 9.98. The third-order valence-corrected chi connectivity index (χ3v) is 7.99. The Morgan fingerprint density at radius 2 is 2.06 bits per heavy atom. The van der Waals surface area contributed by atoms with E-state index in [4.69, 9.17) is 13.7 Å². The fraction of sp³-hybridized carbons (Fsp3) is 0.455. The molecule has 3 aromatic rings. The number of furan rings is 1. The number of aromatic amines is 1. The predicted octanol–water partition coefficient (Wildman–Crippen LogP) is 1.83. The van der Waals surface area contributed by atoms with Crippen LogP contribution in [0.4, 0.5) is 0 Å². The quantitative estimate of drug-likeness (QED) is 0.442. The number of rotatable bonds is 6. The summed E-state index contributed by atoms with van der Waals surface area (Å²) in [5.74, 6) is -0.435. The molecule has 1 fully saturated rings. The van der Waals surface area contributed by atoms with E-state index in [1.165, 1.54) is 16.4 Å². The monoisotopic (exact) mass is 539 g/mol. The highest BCUT2D eigenvalue weighted by Gasteiger charge is 2.34. The number of carbonyl (C=O) groups is 1. The van der Waals surface area contributed by atoms with Crippen LogP contribution in [0.2, 0.25) is 0 Å². The van der Waals surface area contributed by atoms with Gasteiger partial charge in [-0.3, -0.25) is 4.79 Å². The molecular weight excluding hydrogens is 514 g/mol. The minimum Gasteiger partial charge on any atom is -0.460 e. The number of hydrogen-bond donors (Lipinski definition) is 2. The SMILES string of the molecule is CCOC(=O)c1ccc(S(=O)(=O)N2CCC(c3nc(-c4cc5c([nH]c4=O)CCNC5)no3)CC2)o1.Cl. The molecule has 2 aliphatic rings. The molecule has 0 atom stereocenters. The maximum Gasteiger partial charge on any atom is 0.374 e. The van der Waals surface area contributed by atoms with Crippen molar-refractivity contribution in [2.45, 2.75) is 43.7 Å². The molecule has 14 heteroatoms. The van der Waals surface area contributed by atoms with Gasteiger partial charge in [-0.1, -0.05) is 5.16 Å². The summed E-state index contributed by atoms with van der Waals surface area (Å²) in [5, 5.41) is 6.97. The average molecular weight is 540 g/mol. The molecule has 0 spiro atoms. The van der Waals surface area contributed by atoms with Gasteiger partial charge in [0, 0.05) is 44.2 Å². The minimum absolute atomic E-state index is 0. The average Bonchev–Trinajstić information content (AvgIpc) is 3.55. The van der Waals surface area contributed by atoms with Gasteiger partial charge in [-0.15, -0.1) is 12.4 Å². The van der Waals surface area contributed by atoms with Crippen LogP contribution in [-0.4, -0.2) is 60.1 Å². The summed E-state index contributed by atoms with van der Waals surface area (Å²) in [5.41, 5.74) is 2.00. The molecule has 3 aromatic heterocycles. The molecule has 5 heterocycles. The van der Waals surface area contributed by atoms with Crippen molar-refractivity contribution in [3.8, 4) is 11.4 Å². The fourth-order valence-corrected chi connectivity index (χ4v) is 5.73. The van der Waals surface area contributed by atoms with E-state index in [2.05, 4.69) is 20.4 Å². The zero-order valence-corrected chi connectivity index (χ0v) is 21.1. The number of ether oxygens (including phenoxy) is 1. The maximum atomic E-state index is 13.0. The highest BCUT2D eigenvalue weighted by molar-refractivity contribution is 7.89. The van der Waals surface area contributed by atoms with E-state index in [0.717, 1.165) is 24.2 Å². The van der Waals surface area contributed by atoms with Gasteiger partial charge >= 0.3 is 5.97 Å². The van der Waals surface area contributed by atoms with Crippen molar-refractivity contribution >= 4 is 28.4 Å². The number of aromatic nitrogens is 3. The Hall–Kier alpha value is -3.00. The first-order valence-corrected chi connectivity index (χ1v) is 12.9. The number of H-pyrrole nitrogens is 1. The second-order valence-corrected chi connectivity index (χ2v) is 10.3. The molecule has 0 aromatic carbocycles. The van der Waals surface area contributed by atoms with Crippen LogP contribution in [0.25, 0.3) is 11.4 Å². The molecule has 0 saturated carbocycles. The van der Waals surface area contributed by atoms with Crippen molar-refractivity contribution in [3.63, 3.8) is 0 Å². The van der Waals surface area contributed by atoms with E-state index in [-0.39, 0.29) is 60.3 Å². The van der Waals surface area contributed by atoms with Crippen LogP contribution in [-0.2, 0) is 27.7 Å². The fourth-order valence-electron chi connectivity index (χ4n) is 4.35. The Balaban J connectivity index is 0.00000304. The first kappa shape index (κ1) is 26.1. The molecule has 36 heavy (non-hydrogen) atoms. The lowest BCUT2D eigenvalue weighted by Crippen LogP contribution is -2.37. The van der Waals surface area contributed by atoms with Gasteiger partial charge in [0.1, 0.15) is 0 Å². The second kappa shape index (κ2) is 10.5. The molecule has 194 valence electrons. The number of nitrogens with zero attached hydrogens (tertiary/aromatic N) is 3. The third-order valence-electron chi connectivity index (χ3n) is 6.22. The zero-order valence-electron chi connectivity index (χ0n) is 19.5. The van der Waals surface area contributed by atoms with Crippen LogP contribution in [0.1, 0.15) is 53.4 Å². The second-order valence-electron chi connectivity index (χ2n) is 8.42. The summed E-state index contributed by atoms with van der Waals surface area (Å²) < 4.78 is 42.7. The standard InChI is InChI=1S/C22H25N5O7S.ClH/c1-2-32-22(29)17-3-4-18(33-17)35(30,31)27-9-6-13(7-10-27)21-25-19(26-34-21)15-11-14-12-23-8-5-16(14)24-20(15)28;/h3-4,11,13,23H,2,5-10,12H2,1H3,(H,24,28);1H. The van der Waals surface area contributed by atoms with Crippen molar-refractivity contribution in [1.82, 2.24) is 24.7 Å². The van der Waals surface area contributed by atoms with Crippen molar-refractivity contribution in [1.29, 1.82) is 0 Å². The summed E-state index contributed by atoms with van der Waals surface area (Å²) in [4.78, 5) is 31.7. The van der Waals surface area contributed by atoms with Crippen molar-refractivity contribution < 1.29 is 26.9 Å². The summed E-state index contributed by atoms with van der Waals surface area (Å²) in [7, 11) is -3.91. The minimum atomic E-state index is -3.91. The molecule has 2 N–H and O–H groups in total. The van der Waals surface area contributed by atoms with Gasteiger partial charge in [0.15, 0.2) is 0 Å². The maximum absolute atomic E-state index is 13.0. The number of hydrogen-bond acceptors (Lipinski definition) is 10. The van der Waals surface area contributed by atoms with Crippen LogP contribution < -0.4 is 10.9 Å². The Labute approximate surface area is 212 Å². The molecule has 0 aliphatic carbocycles. The first-order chi connectivity index (χ1) is 16.9. The van der Waals surface area contributed by atoms with Crippen LogP contribution in [0.5, 0.6) is 0 Å². The molecular formula is C22H26ClN5O7S. The van der Waals surface area contributed by atoms with Gasteiger partial charge in [0.2, 0.25) is 22.6 Å². The predicted molar refractivity (Wildman–Crippen MR) is 128 cm³/mol. The van der Waals surface area contributed by atoms with Crippen LogP contribution in [0.15, 0.2) is 37.0 Å². The van der Waals surface area contributed by atoms with Gasteiger partial charge in [-0.2, -0.15) is 9.29 Å². The number of carbonyl (C=O) groups excluding carboxylic acids is 1. The van der Waals surface area contributed by atoms with Crippen LogP contribution in [0.3, 0.4) is 0 Å². The molecule has 12 nitrogen and oxygen atoms in total. The van der Waals surface area contributed by atoms with E-state index < -0.39 is 16.0 Å². The van der Waals surface area contributed by atoms with Crippen molar-refractivity contribution in [2.75, 3.05) is 26.2 Å². The normalized spacial score (nSPS) is 16.8. The molecule has 2 aliphatic heterocycles. The largest absolute Gasteiger partial charge is 0.460 e. The van der Waals surface area contributed by atoms with Gasteiger partial charge in [-0.25, -0.2) is 13.2 Å². The first-order valence-electron chi connectivity index (χ1n) is 11.4. The molecule has 5 rings (SSSR count). The van der Waals surface area contributed by atoms with E-state index in [0.29, 0.717) is 30.8 Å². The number of sulfonamides is 1. The van der Waals surface area contributed by atoms with Gasteiger partial charge in [0.05, 0.1) is 12.2 Å². The number of piperidine rings is 1. The Kier molecular flexibility index (Phi) is 7.64. The molecule has 1 saturated heterocycles. The van der Waals surface area contributed by atoms with Crippen LogP contribution >= 0.6 is 12.4 Å². The van der Waals surface area contributed by atoms with Gasteiger partial charge in [-0.05, 0) is 43.5 Å². The van der Waals surface area contributed by atoms with E-state index in [1.807, 2.05) is 0 Å². The highest BCUT2D eigenvalue weighted by atomic mass is 35.5. The topological polar surface area (TPSA) is 161 Å². The third kappa shape index (κ3) is 4.96. The summed E-state index contributed by atoms with van der Waals surface area (Å²) >= 11 is 0. The van der Waals surface area contributed by atoms with Gasteiger partial charge in [0.25, 0.3) is 15.6 Å². The molecule has 0 radical (unpaired) electrons. The van der Waals surface area contributed by atoms with Crippen molar-refractivity contribution in [3.05, 3.63) is 51.5 Å². The number of halogens is 1. The van der Waals surface area contributed by atoms with E-state index in [1.54, 1.807) is 13.0 Å². The summed E-state index contributed by atoms with van der Waals surface area (Å²) in [6, 6.07) is 4.33. The Morgan fingerprint density at radius 1 is 1.28 bits per heavy atom. The summed E-state index contributed by atoms with van der Waals surface area (Å²) in [6.45, 7) is 3.71. The molecule has 0 amide bonds.